The van der Waals surface area contributed by atoms with Crippen molar-refractivity contribution in [2.75, 3.05) is 52.9 Å². The molecule has 7 heteroatoms. The number of nitrogens with zero attached hydrogens (tertiary/aromatic N) is 3. The highest BCUT2D eigenvalue weighted by atomic mass is 16.6. The molecule has 3 saturated heterocycles. The number of hydrogen-bond acceptors (Lipinski definition) is 5. The van der Waals surface area contributed by atoms with Gasteiger partial charge in [0.25, 0.3) is 5.91 Å². The van der Waals surface area contributed by atoms with Crippen molar-refractivity contribution in [1.82, 2.24) is 14.7 Å². The van der Waals surface area contributed by atoms with Gasteiger partial charge >= 0.3 is 6.09 Å². The van der Waals surface area contributed by atoms with Gasteiger partial charge < -0.3 is 24.2 Å². The van der Waals surface area contributed by atoms with E-state index >= 15 is 0 Å². The summed E-state index contributed by atoms with van der Waals surface area (Å²) in [5.41, 5.74) is -0.416. The van der Waals surface area contributed by atoms with E-state index in [2.05, 4.69) is 25.8 Å². The summed E-state index contributed by atoms with van der Waals surface area (Å²) in [7, 11) is 2.09. The smallest absolute Gasteiger partial charge is 0.410 e. The topological polar surface area (TPSA) is 62.3 Å². The third kappa shape index (κ3) is 4.49. The second-order valence-electron chi connectivity index (χ2n) is 8.46. The van der Waals surface area contributed by atoms with Crippen LogP contribution in [0.1, 0.15) is 39.5 Å². The van der Waals surface area contributed by atoms with Crippen molar-refractivity contribution in [3.05, 3.63) is 0 Å². The maximum atomic E-state index is 12.5. The number of ether oxygens (including phenoxy) is 2. The highest BCUT2D eigenvalue weighted by Gasteiger charge is 2.47. The first-order valence-electron chi connectivity index (χ1n) is 9.95. The first-order chi connectivity index (χ1) is 12.4. The number of piperidine rings is 1. The average molecular weight is 367 g/mol. The Morgan fingerprint density at radius 2 is 2.08 bits per heavy atom. The van der Waals surface area contributed by atoms with Gasteiger partial charge in [-0.25, -0.2) is 4.79 Å². The molecule has 7 nitrogen and oxygen atoms in total. The Balaban J connectivity index is 1.47. The van der Waals surface area contributed by atoms with Gasteiger partial charge in [-0.2, -0.15) is 0 Å². The first kappa shape index (κ1) is 19.4. The Bertz CT molecular complexity index is 511. The van der Waals surface area contributed by atoms with Crippen LogP contribution >= 0.6 is 0 Å². The van der Waals surface area contributed by atoms with Gasteiger partial charge in [-0.15, -0.1) is 0 Å². The van der Waals surface area contributed by atoms with Crippen LogP contribution < -0.4 is 0 Å². The summed E-state index contributed by atoms with van der Waals surface area (Å²) in [6, 6.07) is 0. The molecule has 1 unspecified atom stereocenters. The Labute approximate surface area is 156 Å². The minimum absolute atomic E-state index is 0.105. The number of likely N-dealkylation sites (N-methyl/N-ethyl adjacent to an activating group) is 1. The van der Waals surface area contributed by atoms with Gasteiger partial charge in [0.15, 0.2) is 0 Å². The van der Waals surface area contributed by atoms with Gasteiger partial charge in [0.1, 0.15) is 11.7 Å². The summed E-state index contributed by atoms with van der Waals surface area (Å²) in [6.45, 7) is 9.59. The summed E-state index contributed by atoms with van der Waals surface area (Å²) in [5, 5.41) is 0. The van der Waals surface area contributed by atoms with Crippen molar-refractivity contribution < 1.29 is 19.1 Å². The van der Waals surface area contributed by atoms with Crippen molar-refractivity contribution in [3.63, 3.8) is 0 Å². The van der Waals surface area contributed by atoms with Crippen LogP contribution in [-0.4, -0.2) is 91.3 Å². The van der Waals surface area contributed by atoms with E-state index < -0.39 is 5.60 Å². The lowest BCUT2D eigenvalue weighted by Crippen LogP contribution is -2.51. The fourth-order valence-corrected chi connectivity index (χ4v) is 4.24. The third-order valence-electron chi connectivity index (χ3n) is 5.66. The highest BCUT2D eigenvalue weighted by Crippen LogP contribution is 2.33. The Morgan fingerprint density at radius 3 is 2.69 bits per heavy atom. The number of likely N-dealkylation sites (tertiary alicyclic amines) is 1. The van der Waals surface area contributed by atoms with Crippen LogP contribution in [0.5, 0.6) is 0 Å². The van der Waals surface area contributed by atoms with Crippen molar-refractivity contribution in [3.8, 4) is 0 Å². The van der Waals surface area contributed by atoms with Crippen LogP contribution in [0.25, 0.3) is 0 Å². The van der Waals surface area contributed by atoms with E-state index in [4.69, 9.17) is 9.47 Å². The molecule has 0 aliphatic carbocycles. The number of amides is 2. The second kappa shape index (κ2) is 8.13. The minimum Gasteiger partial charge on any atom is -0.441 e. The van der Waals surface area contributed by atoms with Crippen molar-refractivity contribution >= 4 is 12.0 Å². The number of rotatable bonds is 6. The largest absolute Gasteiger partial charge is 0.441 e. The minimum atomic E-state index is -0.416. The lowest BCUT2D eigenvalue weighted by molar-refractivity contribution is -0.144. The monoisotopic (exact) mass is 367 g/mol. The van der Waals surface area contributed by atoms with Crippen LogP contribution in [0.4, 0.5) is 4.79 Å². The molecule has 0 saturated carbocycles. The predicted octanol–water partition coefficient (Wildman–Crippen LogP) is 1.57. The normalized spacial score (nSPS) is 25.6. The van der Waals surface area contributed by atoms with Crippen molar-refractivity contribution in [1.29, 1.82) is 0 Å². The molecule has 26 heavy (non-hydrogen) atoms. The zero-order valence-corrected chi connectivity index (χ0v) is 16.4. The third-order valence-corrected chi connectivity index (χ3v) is 5.66. The van der Waals surface area contributed by atoms with Crippen LogP contribution in [0.15, 0.2) is 0 Å². The molecule has 3 rings (SSSR count). The Kier molecular flexibility index (Phi) is 6.07. The molecule has 0 bridgehead atoms. The molecule has 0 aromatic heterocycles. The SMILES string of the molecule is CC(C)CN(C)CCN1CC2(CCN(C(=O)C3CCCO3)CC2)OC1=O. The van der Waals surface area contributed by atoms with E-state index in [1.165, 1.54) is 0 Å². The van der Waals surface area contributed by atoms with Crippen molar-refractivity contribution in [2.24, 2.45) is 5.92 Å². The molecule has 3 heterocycles. The molecule has 0 radical (unpaired) electrons. The molecule has 0 aromatic rings. The van der Waals surface area contributed by atoms with Gasteiger partial charge in [-0.1, -0.05) is 13.8 Å². The van der Waals surface area contributed by atoms with Crippen LogP contribution in [0.3, 0.4) is 0 Å². The summed E-state index contributed by atoms with van der Waals surface area (Å²) in [4.78, 5) is 30.7. The molecule has 1 atom stereocenters. The molecular formula is C19H33N3O4. The van der Waals surface area contributed by atoms with E-state index in [0.29, 0.717) is 38.7 Å². The van der Waals surface area contributed by atoms with Gasteiger partial charge in [-0.05, 0) is 25.8 Å². The van der Waals surface area contributed by atoms with Gasteiger partial charge in [0.2, 0.25) is 0 Å². The van der Waals surface area contributed by atoms with E-state index in [1.807, 2.05) is 9.80 Å². The van der Waals surface area contributed by atoms with Crippen molar-refractivity contribution in [2.45, 2.75) is 51.2 Å². The van der Waals surface area contributed by atoms with Gasteiger partial charge in [0.05, 0.1) is 6.54 Å². The van der Waals surface area contributed by atoms with E-state index in [-0.39, 0.29) is 18.1 Å². The molecule has 3 aliphatic heterocycles. The lowest BCUT2D eigenvalue weighted by atomic mass is 9.91. The fraction of sp³-hybridized carbons (Fsp3) is 0.895. The van der Waals surface area contributed by atoms with Crippen LogP contribution in [-0.2, 0) is 14.3 Å². The summed E-state index contributed by atoms with van der Waals surface area (Å²) < 4.78 is 11.3. The molecule has 0 aromatic carbocycles. The van der Waals surface area contributed by atoms with E-state index in [1.54, 1.807) is 0 Å². The predicted molar refractivity (Wildman–Crippen MR) is 97.9 cm³/mol. The fourth-order valence-electron chi connectivity index (χ4n) is 4.24. The first-order valence-corrected chi connectivity index (χ1v) is 9.95. The molecule has 3 fully saturated rings. The van der Waals surface area contributed by atoms with Gasteiger partial charge in [0, 0.05) is 52.2 Å². The highest BCUT2D eigenvalue weighted by molar-refractivity contribution is 5.81. The summed E-state index contributed by atoms with van der Waals surface area (Å²) in [6.07, 6.45) is 2.76. The molecular weight excluding hydrogens is 334 g/mol. The zero-order chi connectivity index (χ0) is 18.7. The summed E-state index contributed by atoms with van der Waals surface area (Å²) >= 11 is 0. The Hall–Kier alpha value is -1.34. The molecule has 0 N–H and O–H groups in total. The second-order valence-corrected chi connectivity index (χ2v) is 8.46. The van der Waals surface area contributed by atoms with Crippen LogP contribution in [0, 0.1) is 5.92 Å². The number of carbonyl (C=O) groups excluding carboxylic acids is 2. The molecule has 1 spiro atoms. The molecule has 2 amide bonds. The standard InChI is InChI=1S/C19H33N3O4/c1-15(2)13-20(3)10-11-22-14-19(26-18(22)24)6-8-21(9-7-19)17(23)16-5-4-12-25-16/h15-16H,4-14H2,1-3H3. The summed E-state index contributed by atoms with van der Waals surface area (Å²) in [5.74, 6) is 0.719. The average Bonchev–Trinajstić information content (AvgIpc) is 3.21. The number of hydrogen-bond donors (Lipinski definition) is 0. The lowest BCUT2D eigenvalue weighted by Gasteiger charge is -2.38. The maximum Gasteiger partial charge on any atom is 0.410 e. The van der Waals surface area contributed by atoms with E-state index in [0.717, 1.165) is 38.8 Å². The quantitative estimate of drug-likeness (QED) is 0.713. The Morgan fingerprint density at radius 1 is 1.35 bits per heavy atom. The zero-order valence-electron chi connectivity index (χ0n) is 16.4. The van der Waals surface area contributed by atoms with E-state index in [9.17, 15) is 9.59 Å². The van der Waals surface area contributed by atoms with Gasteiger partial charge in [-0.3, -0.25) is 4.79 Å². The molecule has 148 valence electrons. The number of carbonyl (C=O) groups is 2. The molecule has 3 aliphatic rings. The van der Waals surface area contributed by atoms with Crippen LogP contribution in [0.2, 0.25) is 0 Å². The maximum absolute atomic E-state index is 12.5.